The molecule has 2 aromatic rings. The number of aromatic nitrogens is 1. The molecule has 3 nitrogen and oxygen atoms in total. The van der Waals surface area contributed by atoms with E-state index in [9.17, 15) is 4.79 Å². The van der Waals surface area contributed by atoms with Crippen LogP contribution in [0.2, 0.25) is 15.1 Å². The highest BCUT2D eigenvalue weighted by molar-refractivity contribution is 6.39. The molecule has 0 aliphatic heterocycles. The van der Waals surface area contributed by atoms with Crippen LogP contribution < -0.4 is 0 Å². The van der Waals surface area contributed by atoms with Crippen molar-refractivity contribution in [1.82, 2.24) is 4.98 Å². The molecule has 0 N–H and O–H groups in total. The predicted octanol–water partition coefficient (Wildman–Crippen LogP) is 4.50. The summed E-state index contributed by atoms with van der Waals surface area (Å²) in [5.74, 6) is -0.581. The molecular formula is C13H8Cl3NO2. The molecule has 0 unspecified atom stereocenters. The third kappa shape index (κ3) is 2.84. The Labute approximate surface area is 125 Å². The van der Waals surface area contributed by atoms with Crippen LogP contribution in [0.3, 0.4) is 0 Å². The minimum Gasteiger partial charge on any atom is -0.464 e. The first-order valence-corrected chi connectivity index (χ1v) is 6.36. The Balaban J connectivity index is 2.74. The number of carbonyl (C=O) groups excluding carboxylic acids is 1. The SMILES string of the molecule is COC(=O)c1ncc(Cl)cc1-c1c(Cl)cccc1Cl. The van der Waals surface area contributed by atoms with Crippen LogP contribution in [0, 0.1) is 0 Å². The molecule has 0 spiro atoms. The van der Waals surface area contributed by atoms with Gasteiger partial charge < -0.3 is 4.74 Å². The van der Waals surface area contributed by atoms with E-state index in [0.29, 0.717) is 26.2 Å². The van der Waals surface area contributed by atoms with Crippen molar-refractivity contribution >= 4 is 40.8 Å². The normalized spacial score (nSPS) is 10.3. The first-order chi connectivity index (χ1) is 9.04. The summed E-state index contributed by atoms with van der Waals surface area (Å²) in [6, 6.07) is 6.63. The van der Waals surface area contributed by atoms with Gasteiger partial charge in [0, 0.05) is 27.4 Å². The molecule has 0 amide bonds. The number of hydrogen-bond donors (Lipinski definition) is 0. The zero-order valence-corrected chi connectivity index (χ0v) is 12.1. The summed E-state index contributed by atoms with van der Waals surface area (Å²) in [4.78, 5) is 15.7. The van der Waals surface area contributed by atoms with Crippen LogP contribution in [0.1, 0.15) is 10.5 Å². The maximum atomic E-state index is 11.7. The molecule has 6 heteroatoms. The van der Waals surface area contributed by atoms with Gasteiger partial charge in [-0.15, -0.1) is 0 Å². The lowest BCUT2D eigenvalue weighted by Gasteiger charge is -2.11. The molecule has 1 aromatic carbocycles. The van der Waals surface area contributed by atoms with Crippen molar-refractivity contribution in [2.75, 3.05) is 7.11 Å². The average Bonchev–Trinajstić information content (AvgIpc) is 2.38. The maximum Gasteiger partial charge on any atom is 0.357 e. The molecule has 98 valence electrons. The van der Waals surface area contributed by atoms with Gasteiger partial charge in [0.25, 0.3) is 0 Å². The van der Waals surface area contributed by atoms with Crippen molar-refractivity contribution < 1.29 is 9.53 Å². The molecule has 0 atom stereocenters. The van der Waals surface area contributed by atoms with Crippen molar-refractivity contribution in [3.05, 3.63) is 51.2 Å². The zero-order chi connectivity index (χ0) is 14.0. The van der Waals surface area contributed by atoms with Crippen LogP contribution in [-0.4, -0.2) is 18.1 Å². The van der Waals surface area contributed by atoms with Crippen LogP contribution in [-0.2, 0) is 4.74 Å². The number of carbonyl (C=O) groups is 1. The van der Waals surface area contributed by atoms with E-state index in [4.69, 9.17) is 34.8 Å². The Hall–Kier alpha value is -1.29. The molecule has 0 bridgehead atoms. The topological polar surface area (TPSA) is 39.2 Å². The molecule has 1 aromatic heterocycles. The van der Waals surface area contributed by atoms with Gasteiger partial charge >= 0.3 is 5.97 Å². The molecule has 0 radical (unpaired) electrons. The molecule has 1 heterocycles. The average molecular weight is 317 g/mol. The number of nitrogens with zero attached hydrogens (tertiary/aromatic N) is 1. The summed E-state index contributed by atoms with van der Waals surface area (Å²) < 4.78 is 4.69. The summed E-state index contributed by atoms with van der Waals surface area (Å²) in [5.41, 5.74) is 1.05. The molecular weight excluding hydrogens is 309 g/mol. The second-order valence-electron chi connectivity index (χ2n) is 3.64. The fraction of sp³-hybridized carbons (Fsp3) is 0.0769. The van der Waals surface area contributed by atoms with Crippen LogP contribution in [0.25, 0.3) is 11.1 Å². The summed E-state index contributed by atoms with van der Waals surface area (Å²) in [5, 5.41) is 1.18. The number of pyridine rings is 1. The third-order valence-corrected chi connectivity index (χ3v) is 3.30. The van der Waals surface area contributed by atoms with E-state index in [2.05, 4.69) is 9.72 Å². The number of rotatable bonds is 2. The molecule has 0 aliphatic carbocycles. The fourth-order valence-electron chi connectivity index (χ4n) is 1.64. The highest BCUT2D eigenvalue weighted by Gasteiger charge is 2.19. The summed E-state index contributed by atoms with van der Waals surface area (Å²) >= 11 is 18.2. The van der Waals surface area contributed by atoms with Crippen molar-refractivity contribution in [2.24, 2.45) is 0 Å². The Morgan fingerprint density at radius 3 is 2.42 bits per heavy atom. The lowest BCUT2D eigenvalue weighted by molar-refractivity contribution is 0.0595. The van der Waals surface area contributed by atoms with E-state index in [1.165, 1.54) is 13.3 Å². The quantitative estimate of drug-likeness (QED) is 0.766. The lowest BCUT2D eigenvalue weighted by Crippen LogP contribution is -2.06. The molecule has 2 rings (SSSR count). The van der Waals surface area contributed by atoms with Crippen molar-refractivity contribution in [1.29, 1.82) is 0 Å². The van der Waals surface area contributed by atoms with Crippen molar-refractivity contribution in [2.45, 2.75) is 0 Å². The zero-order valence-electron chi connectivity index (χ0n) is 9.78. The summed E-state index contributed by atoms with van der Waals surface area (Å²) in [6.07, 6.45) is 1.36. The van der Waals surface area contributed by atoms with Gasteiger partial charge in [0.15, 0.2) is 5.69 Å². The molecule has 0 aliphatic rings. The number of ether oxygens (including phenoxy) is 1. The third-order valence-electron chi connectivity index (χ3n) is 2.47. The van der Waals surface area contributed by atoms with E-state index in [1.54, 1.807) is 24.3 Å². The van der Waals surface area contributed by atoms with E-state index in [1.807, 2.05) is 0 Å². The fourth-order valence-corrected chi connectivity index (χ4v) is 2.40. The van der Waals surface area contributed by atoms with E-state index in [-0.39, 0.29) is 5.69 Å². The van der Waals surface area contributed by atoms with E-state index < -0.39 is 5.97 Å². The van der Waals surface area contributed by atoms with Crippen LogP contribution in [0.15, 0.2) is 30.5 Å². The first kappa shape index (κ1) is 14.1. The second kappa shape index (κ2) is 5.78. The number of benzene rings is 1. The highest BCUT2D eigenvalue weighted by atomic mass is 35.5. The van der Waals surface area contributed by atoms with Crippen LogP contribution in [0.5, 0.6) is 0 Å². The van der Waals surface area contributed by atoms with Crippen LogP contribution >= 0.6 is 34.8 Å². The largest absolute Gasteiger partial charge is 0.464 e. The number of hydrogen-bond acceptors (Lipinski definition) is 3. The summed E-state index contributed by atoms with van der Waals surface area (Å²) in [7, 11) is 1.27. The standard InChI is InChI=1S/C13H8Cl3NO2/c1-19-13(18)12-8(5-7(14)6-17-12)11-9(15)3-2-4-10(11)16/h2-6H,1H3. The van der Waals surface area contributed by atoms with Crippen molar-refractivity contribution in [3.63, 3.8) is 0 Å². The summed E-state index contributed by atoms with van der Waals surface area (Å²) in [6.45, 7) is 0. The maximum absolute atomic E-state index is 11.7. The Morgan fingerprint density at radius 2 is 1.84 bits per heavy atom. The molecule has 0 saturated carbocycles. The van der Waals surface area contributed by atoms with Gasteiger partial charge in [0.05, 0.1) is 12.1 Å². The minimum absolute atomic E-state index is 0.113. The second-order valence-corrected chi connectivity index (χ2v) is 4.89. The van der Waals surface area contributed by atoms with Gasteiger partial charge in [0.1, 0.15) is 0 Å². The Bertz CT molecular complexity index is 624. The van der Waals surface area contributed by atoms with Crippen molar-refractivity contribution in [3.8, 4) is 11.1 Å². The van der Waals surface area contributed by atoms with Gasteiger partial charge in [-0.2, -0.15) is 0 Å². The van der Waals surface area contributed by atoms with Gasteiger partial charge in [0.2, 0.25) is 0 Å². The van der Waals surface area contributed by atoms with E-state index in [0.717, 1.165) is 0 Å². The van der Waals surface area contributed by atoms with E-state index >= 15 is 0 Å². The first-order valence-electron chi connectivity index (χ1n) is 5.23. The monoisotopic (exact) mass is 315 g/mol. The Morgan fingerprint density at radius 1 is 1.21 bits per heavy atom. The van der Waals surface area contributed by atoms with Gasteiger partial charge in [-0.1, -0.05) is 40.9 Å². The molecule has 0 fully saturated rings. The van der Waals surface area contributed by atoms with Gasteiger partial charge in [-0.25, -0.2) is 9.78 Å². The van der Waals surface area contributed by atoms with Gasteiger partial charge in [-0.3, -0.25) is 0 Å². The minimum atomic E-state index is -0.581. The highest BCUT2D eigenvalue weighted by Crippen LogP contribution is 2.37. The van der Waals surface area contributed by atoms with Crippen LogP contribution in [0.4, 0.5) is 0 Å². The number of halogens is 3. The lowest BCUT2D eigenvalue weighted by atomic mass is 10.0. The number of esters is 1. The molecule has 0 saturated heterocycles. The van der Waals surface area contributed by atoms with Gasteiger partial charge in [-0.05, 0) is 18.2 Å². The Kier molecular flexibility index (Phi) is 4.30. The number of methoxy groups -OCH3 is 1. The smallest absolute Gasteiger partial charge is 0.357 e. The molecule has 19 heavy (non-hydrogen) atoms. The predicted molar refractivity (Wildman–Crippen MR) is 76.0 cm³/mol.